The van der Waals surface area contributed by atoms with Crippen LogP contribution in [0.5, 0.6) is 0 Å². The van der Waals surface area contributed by atoms with E-state index in [1.807, 2.05) is 19.0 Å². The maximum atomic E-state index is 10.2. The fourth-order valence-corrected chi connectivity index (χ4v) is 0.888. The van der Waals surface area contributed by atoms with Crippen LogP contribution in [0.15, 0.2) is 12.1 Å². The zero-order valence-corrected chi connectivity index (χ0v) is 10.1. The van der Waals surface area contributed by atoms with Gasteiger partial charge in [-0.15, -0.1) is 0 Å². The van der Waals surface area contributed by atoms with Gasteiger partial charge < -0.3 is 30.9 Å². The van der Waals surface area contributed by atoms with Crippen LogP contribution in [0.4, 0.5) is 4.79 Å². The molecule has 0 atom stereocenters. The highest BCUT2D eigenvalue weighted by molar-refractivity contribution is 5.64. The first-order chi connectivity index (χ1) is 8.06. The standard InChI is InChI=1S/C9H20N4O4/c1-13(2)5-3-12-8(17-15)7-11-4-6-16-9(10)14/h7,11-12,15H,3-6H2,1-2H3,(H2,10,14). The second kappa shape index (κ2) is 9.55. The number of rotatable bonds is 9. The summed E-state index contributed by atoms with van der Waals surface area (Å²) in [6, 6.07) is 0. The molecule has 100 valence electrons. The molecule has 5 N–H and O–H groups in total. The Morgan fingerprint density at radius 2 is 2.18 bits per heavy atom. The minimum absolute atomic E-state index is 0.141. The highest BCUT2D eigenvalue weighted by atomic mass is 17.1. The molecule has 0 unspecified atom stereocenters. The smallest absolute Gasteiger partial charge is 0.404 e. The molecule has 0 radical (unpaired) electrons. The molecular weight excluding hydrogens is 228 g/mol. The van der Waals surface area contributed by atoms with E-state index in [0.717, 1.165) is 6.54 Å². The lowest BCUT2D eigenvalue weighted by Crippen LogP contribution is -2.28. The first-order valence-electron chi connectivity index (χ1n) is 5.12. The average Bonchev–Trinajstić information content (AvgIpc) is 2.25. The molecule has 0 heterocycles. The van der Waals surface area contributed by atoms with Crippen molar-refractivity contribution in [2.24, 2.45) is 5.73 Å². The third kappa shape index (κ3) is 10.6. The van der Waals surface area contributed by atoms with Crippen molar-refractivity contribution in [3.63, 3.8) is 0 Å². The van der Waals surface area contributed by atoms with Crippen LogP contribution < -0.4 is 16.4 Å². The molecule has 0 bridgehead atoms. The number of primary amides is 1. The molecule has 0 aromatic rings. The predicted octanol–water partition coefficient (Wildman–Crippen LogP) is -0.889. The Balaban J connectivity index is 3.65. The van der Waals surface area contributed by atoms with E-state index in [1.165, 1.54) is 6.20 Å². The van der Waals surface area contributed by atoms with Crippen LogP contribution in [0.2, 0.25) is 0 Å². The maximum absolute atomic E-state index is 10.2. The van der Waals surface area contributed by atoms with Crippen molar-refractivity contribution in [2.45, 2.75) is 0 Å². The number of ether oxygens (including phenoxy) is 1. The second-order valence-electron chi connectivity index (χ2n) is 3.45. The van der Waals surface area contributed by atoms with Gasteiger partial charge in [0.15, 0.2) is 0 Å². The van der Waals surface area contributed by atoms with Gasteiger partial charge in [0.05, 0.1) is 6.20 Å². The molecule has 8 heteroatoms. The van der Waals surface area contributed by atoms with Gasteiger partial charge in [0.2, 0.25) is 5.88 Å². The van der Waals surface area contributed by atoms with Crippen molar-refractivity contribution in [3.8, 4) is 0 Å². The van der Waals surface area contributed by atoms with E-state index in [-0.39, 0.29) is 12.5 Å². The number of carbonyl (C=O) groups is 1. The van der Waals surface area contributed by atoms with Gasteiger partial charge in [-0.3, -0.25) is 0 Å². The molecule has 0 saturated carbocycles. The SMILES string of the molecule is CN(C)CCNC(=CNCCOC(N)=O)OO. The van der Waals surface area contributed by atoms with Crippen LogP contribution in [-0.2, 0) is 9.62 Å². The Kier molecular flexibility index (Phi) is 8.61. The minimum atomic E-state index is -0.821. The monoisotopic (exact) mass is 248 g/mol. The molecule has 0 aromatic heterocycles. The van der Waals surface area contributed by atoms with Crippen LogP contribution >= 0.6 is 0 Å². The summed E-state index contributed by atoms with van der Waals surface area (Å²) >= 11 is 0. The van der Waals surface area contributed by atoms with Crippen molar-refractivity contribution in [1.29, 1.82) is 0 Å². The topological polar surface area (TPSA) is 109 Å². The highest BCUT2D eigenvalue weighted by Gasteiger charge is 1.97. The molecule has 0 aliphatic heterocycles. The Morgan fingerprint density at radius 1 is 1.47 bits per heavy atom. The average molecular weight is 248 g/mol. The molecular formula is C9H20N4O4. The summed E-state index contributed by atoms with van der Waals surface area (Å²) in [6.45, 7) is 1.93. The number of carbonyl (C=O) groups excluding carboxylic acids is 1. The Morgan fingerprint density at radius 3 is 2.71 bits per heavy atom. The molecule has 0 aliphatic rings. The van der Waals surface area contributed by atoms with Gasteiger partial charge in [0, 0.05) is 19.6 Å². The van der Waals surface area contributed by atoms with Gasteiger partial charge in [-0.1, -0.05) is 0 Å². The molecule has 0 saturated heterocycles. The molecule has 0 aromatic carbocycles. The van der Waals surface area contributed by atoms with Crippen LogP contribution in [0.1, 0.15) is 0 Å². The van der Waals surface area contributed by atoms with Crippen molar-refractivity contribution >= 4 is 6.09 Å². The van der Waals surface area contributed by atoms with E-state index in [2.05, 4.69) is 20.3 Å². The lowest BCUT2D eigenvalue weighted by Gasteiger charge is -2.11. The third-order valence-corrected chi connectivity index (χ3v) is 1.68. The fraction of sp³-hybridized carbons (Fsp3) is 0.667. The van der Waals surface area contributed by atoms with Crippen LogP contribution in [0.25, 0.3) is 0 Å². The first kappa shape index (κ1) is 15.3. The van der Waals surface area contributed by atoms with Crippen molar-refractivity contribution in [2.75, 3.05) is 40.3 Å². The van der Waals surface area contributed by atoms with Gasteiger partial charge in [0.25, 0.3) is 0 Å². The van der Waals surface area contributed by atoms with Gasteiger partial charge in [-0.05, 0) is 14.1 Å². The van der Waals surface area contributed by atoms with E-state index in [0.29, 0.717) is 13.1 Å². The van der Waals surface area contributed by atoms with Crippen LogP contribution in [0.3, 0.4) is 0 Å². The molecule has 0 rings (SSSR count). The number of nitrogens with two attached hydrogens (primary N) is 1. The maximum Gasteiger partial charge on any atom is 0.404 e. The van der Waals surface area contributed by atoms with Crippen molar-refractivity contribution in [3.05, 3.63) is 12.1 Å². The number of hydrogen-bond acceptors (Lipinski definition) is 7. The normalized spacial score (nSPS) is 11.2. The molecule has 0 spiro atoms. The molecule has 0 aliphatic carbocycles. The van der Waals surface area contributed by atoms with E-state index in [9.17, 15) is 4.79 Å². The lowest BCUT2D eigenvalue weighted by atomic mass is 10.5. The summed E-state index contributed by atoms with van der Waals surface area (Å²) < 4.78 is 4.49. The van der Waals surface area contributed by atoms with E-state index in [1.54, 1.807) is 0 Å². The highest BCUT2D eigenvalue weighted by Crippen LogP contribution is 1.86. The number of amides is 1. The molecule has 8 nitrogen and oxygen atoms in total. The Labute approximate surface area is 100 Å². The van der Waals surface area contributed by atoms with E-state index in [4.69, 9.17) is 11.0 Å². The molecule has 1 amide bonds. The molecule has 17 heavy (non-hydrogen) atoms. The summed E-state index contributed by atoms with van der Waals surface area (Å²) in [5, 5.41) is 14.2. The van der Waals surface area contributed by atoms with Gasteiger partial charge in [-0.25, -0.2) is 10.1 Å². The van der Waals surface area contributed by atoms with Crippen molar-refractivity contribution < 1.29 is 19.7 Å². The summed E-state index contributed by atoms with van der Waals surface area (Å²) in [4.78, 5) is 16.3. The van der Waals surface area contributed by atoms with Crippen LogP contribution in [0, 0.1) is 0 Å². The zero-order chi connectivity index (χ0) is 13.1. The van der Waals surface area contributed by atoms with Crippen molar-refractivity contribution in [1.82, 2.24) is 15.5 Å². The summed E-state index contributed by atoms with van der Waals surface area (Å²) in [5.41, 5.74) is 4.77. The Hall–Kier alpha value is -1.67. The number of nitrogens with zero attached hydrogens (tertiary/aromatic N) is 1. The first-order valence-corrected chi connectivity index (χ1v) is 5.12. The summed E-state index contributed by atoms with van der Waals surface area (Å²) in [5.74, 6) is 0.186. The predicted molar refractivity (Wildman–Crippen MR) is 61.9 cm³/mol. The summed E-state index contributed by atoms with van der Waals surface area (Å²) in [6.07, 6.45) is 0.610. The van der Waals surface area contributed by atoms with Gasteiger partial charge in [-0.2, -0.15) is 0 Å². The van der Waals surface area contributed by atoms with Gasteiger partial charge >= 0.3 is 6.09 Å². The van der Waals surface area contributed by atoms with E-state index >= 15 is 0 Å². The Bertz CT molecular complexity index is 245. The minimum Gasteiger partial charge on any atom is -0.448 e. The third-order valence-electron chi connectivity index (χ3n) is 1.68. The van der Waals surface area contributed by atoms with Crippen LogP contribution in [-0.4, -0.2) is 56.6 Å². The van der Waals surface area contributed by atoms with Gasteiger partial charge in [0.1, 0.15) is 6.61 Å². The number of likely N-dealkylation sites (N-methyl/N-ethyl adjacent to an activating group) is 1. The number of hydrogen-bond donors (Lipinski definition) is 4. The largest absolute Gasteiger partial charge is 0.448 e. The quantitative estimate of drug-likeness (QED) is 0.181. The van der Waals surface area contributed by atoms with E-state index < -0.39 is 6.09 Å². The zero-order valence-electron chi connectivity index (χ0n) is 10.1. The molecule has 0 fully saturated rings. The second-order valence-corrected chi connectivity index (χ2v) is 3.45. The lowest BCUT2D eigenvalue weighted by molar-refractivity contribution is -0.209. The fourth-order valence-electron chi connectivity index (χ4n) is 0.888. The summed E-state index contributed by atoms with van der Waals surface area (Å²) in [7, 11) is 3.87. The number of nitrogens with one attached hydrogen (secondary N) is 2.